The quantitative estimate of drug-likeness (QED) is 0.754. The van der Waals surface area contributed by atoms with Crippen molar-refractivity contribution < 1.29 is 12.8 Å². The molecule has 0 aliphatic rings. The number of oxazole rings is 1. The van der Waals surface area contributed by atoms with Crippen molar-refractivity contribution in [3.8, 4) is 0 Å². The number of hydrogen-bond donors (Lipinski definition) is 1. The summed E-state index contributed by atoms with van der Waals surface area (Å²) in [5, 5.41) is 0. The van der Waals surface area contributed by atoms with E-state index in [1.807, 2.05) is 19.1 Å². The molecule has 0 radical (unpaired) electrons. The van der Waals surface area contributed by atoms with Crippen LogP contribution in [0.1, 0.15) is 32.3 Å². The van der Waals surface area contributed by atoms with Gasteiger partial charge in [0.2, 0.25) is 0 Å². The lowest BCUT2D eigenvalue weighted by molar-refractivity contribution is 0.512. The van der Waals surface area contributed by atoms with E-state index < -0.39 is 15.8 Å². The van der Waals surface area contributed by atoms with Crippen LogP contribution in [0.2, 0.25) is 0 Å². The number of sulfonamides is 1. The lowest BCUT2D eigenvalue weighted by atomic mass is 10.0. The first-order valence-electron chi connectivity index (χ1n) is 8.08. The first-order chi connectivity index (χ1) is 11.8. The van der Waals surface area contributed by atoms with E-state index >= 15 is 0 Å². The Hall–Kier alpha value is -2.54. The molecule has 0 fully saturated rings. The van der Waals surface area contributed by atoms with Gasteiger partial charge in [-0.2, -0.15) is 0 Å². The average molecular weight is 360 g/mol. The number of aryl methyl sites for hydroxylation is 1. The van der Waals surface area contributed by atoms with Crippen LogP contribution in [0.3, 0.4) is 0 Å². The Kier molecular flexibility index (Phi) is 4.43. The Balaban J connectivity index is 1.94. The van der Waals surface area contributed by atoms with Crippen LogP contribution in [0.25, 0.3) is 11.1 Å². The third kappa shape index (κ3) is 3.32. The fraction of sp³-hybridized carbons (Fsp3) is 0.278. The van der Waals surface area contributed by atoms with Gasteiger partial charge in [0, 0.05) is 18.3 Å². The summed E-state index contributed by atoms with van der Waals surface area (Å²) < 4.78 is 34.3. The molecule has 132 valence electrons. The van der Waals surface area contributed by atoms with Crippen LogP contribution in [0.5, 0.6) is 0 Å². The van der Waals surface area contributed by atoms with Crippen molar-refractivity contribution in [2.24, 2.45) is 0 Å². The van der Waals surface area contributed by atoms with E-state index in [2.05, 4.69) is 18.6 Å². The second kappa shape index (κ2) is 6.40. The van der Waals surface area contributed by atoms with Gasteiger partial charge in [-0.15, -0.1) is 0 Å². The average Bonchev–Trinajstić information content (AvgIpc) is 2.89. The van der Waals surface area contributed by atoms with Gasteiger partial charge in [0.15, 0.2) is 5.58 Å². The molecule has 0 atom stereocenters. The minimum Gasteiger partial charge on any atom is -0.408 e. The highest BCUT2D eigenvalue weighted by Gasteiger charge is 2.17. The van der Waals surface area contributed by atoms with Gasteiger partial charge in [-0.1, -0.05) is 26.0 Å². The van der Waals surface area contributed by atoms with Crippen LogP contribution >= 0.6 is 0 Å². The van der Waals surface area contributed by atoms with Crippen LogP contribution in [0.4, 0.5) is 5.69 Å². The SMILES string of the molecule is CCn1c(=O)oc2cc(S(=O)(=O)Nc3ccc(C(C)C)cc3)ccc21. The van der Waals surface area contributed by atoms with E-state index in [9.17, 15) is 13.2 Å². The highest BCUT2D eigenvalue weighted by atomic mass is 32.2. The van der Waals surface area contributed by atoms with Gasteiger partial charge in [0.1, 0.15) is 0 Å². The minimum atomic E-state index is -3.77. The summed E-state index contributed by atoms with van der Waals surface area (Å²) in [7, 11) is -3.77. The summed E-state index contributed by atoms with van der Waals surface area (Å²) in [5.74, 6) is -0.122. The molecule has 0 saturated carbocycles. The molecule has 6 nitrogen and oxygen atoms in total. The standard InChI is InChI=1S/C18H20N2O4S/c1-4-20-16-10-9-15(11-17(16)24-18(20)21)25(22,23)19-14-7-5-13(6-8-14)12(2)3/h5-12,19H,4H2,1-3H3. The van der Waals surface area contributed by atoms with E-state index in [1.54, 1.807) is 18.2 Å². The molecule has 3 rings (SSSR count). The molecule has 3 aromatic rings. The van der Waals surface area contributed by atoms with Gasteiger partial charge in [-0.25, -0.2) is 13.2 Å². The number of hydrogen-bond acceptors (Lipinski definition) is 4. The molecule has 0 aliphatic heterocycles. The van der Waals surface area contributed by atoms with E-state index in [0.717, 1.165) is 5.56 Å². The van der Waals surface area contributed by atoms with Crippen molar-refractivity contribution in [1.29, 1.82) is 0 Å². The fourth-order valence-corrected chi connectivity index (χ4v) is 3.74. The van der Waals surface area contributed by atoms with Gasteiger partial charge in [-0.05, 0) is 42.7 Å². The molecule has 0 saturated heterocycles. The molecule has 2 aromatic carbocycles. The number of nitrogens with zero attached hydrogens (tertiary/aromatic N) is 1. The highest BCUT2D eigenvalue weighted by Crippen LogP contribution is 2.22. The Labute approximate surface area is 146 Å². The normalized spacial score (nSPS) is 12.0. The minimum absolute atomic E-state index is 0.0462. The second-order valence-corrected chi connectivity index (χ2v) is 7.81. The molecule has 0 unspecified atom stereocenters. The topological polar surface area (TPSA) is 81.3 Å². The number of nitrogens with one attached hydrogen (secondary N) is 1. The molecule has 1 heterocycles. The van der Waals surface area contributed by atoms with Gasteiger partial charge in [0.05, 0.1) is 10.4 Å². The largest absolute Gasteiger partial charge is 0.419 e. The highest BCUT2D eigenvalue weighted by molar-refractivity contribution is 7.92. The Bertz CT molecular complexity index is 1060. The van der Waals surface area contributed by atoms with Crippen LogP contribution in [0.15, 0.2) is 56.6 Å². The van der Waals surface area contributed by atoms with E-state index in [1.165, 1.54) is 16.7 Å². The Morgan fingerprint density at radius 3 is 2.40 bits per heavy atom. The van der Waals surface area contributed by atoms with Crippen molar-refractivity contribution in [3.63, 3.8) is 0 Å². The zero-order valence-corrected chi connectivity index (χ0v) is 15.1. The molecule has 25 heavy (non-hydrogen) atoms. The number of rotatable bonds is 5. The third-order valence-electron chi connectivity index (χ3n) is 4.10. The van der Waals surface area contributed by atoms with Gasteiger partial charge in [0.25, 0.3) is 10.0 Å². The third-order valence-corrected chi connectivity index (χ3v) is 5.47. The first-order valence-corrected chi connectivity index (χ1v) is 9.56. The van der Waals surface area contributed by atoms with Crippen molar-refractivity contribution in [2.45, 2.75) is 38.1 Å². The maximum atomic E-state index is 12.6. The second-order valence-electron chi connectivity index (χ2n) is 6.12. The maximum absolute atomic E-state index is 12.6. The van der Waals surface area contributed by atoms with Crippen molar-refractivity contribution in [2.75, 3.05) is 4.72 Å². The smallest absolute Gasteiger partial charge is 0.408 e. The number of aromatic nitrogens is 1. The number of benzene rings is 2. The number of anilines is 1. The van der Waals surface area contributed by atoms with Crippen LogP contribution in [0, 0.1) is 0 Å². The van der Waals surface area contributed by atoms with E-state index in [4.69, 9.17) is 4.42 Å². The molecule has 0 bridgehead atoms. The summed E-state index contributed by atoms with van der Waals surface area (Å²) in [5.41, 5.74) is 2.45. The lowest BCUT2D eigenvalue weighted by Gasteiger charge is -2.10. The monoisotopic (exact) mass is 360 g/mol. The van der Waals surface area contributed by atoms with Crippen molar-refractivity contribution in [1.82, 2.24) is 4.57 Å². The van der Waals surface area contributed by atoms with Crippen LogP contribution < -0.4 is 10.5 Å². The lowest BCUT2D eigenvalue weighted by Crippen LogP contribution is -2.13. The Morgan fingerprint density at radius 1 is 1.12 bits per heavy atom. The summed E-state index contributed by atoms with van der Waals surface area (Å²) in [4.78, 5) is 11.8. The summed E-state index contributed by atoms with van der Waals surface area (Å²) in [6.07, 6.45) is 0. The molecule has 1 aromatic heterocycles. The van der Waals surface area contributed by atoms with Crippen LogP contribution in [-0.2, 0) is 16.6 Å². The Morgan fingerprint density at radius 2 is 1.80 bits per heavy atom. The summed E-state index contributed by atoms with van der Waals surface area (Å²) >= 11 is 0. The predicted octanol–water partition coefficient (Wildman–Crippen LogP) is 3.54. The summed E-state index contributed by atoms with van der Waals surface area (Å²) in [6.45, 7) is 6.43. The molecule has 0 amide bonds. The molecule has 7 heteroatoms. The molecular formula is C18H20N2O4S. The fourth-order valence-electron chi connectivity index (χ4n) is 2.66. The number of fused-ring (bicyclic) bond motifs is 1. The molecular weight excluding hydrogens is 340 g/mol. The molecule has 0 spiro atoms. The summed E-state index contributed by atoms with van der Waals surface area (Å²) in [6, 6.07) is 11.7. The predicted molar refractivity (Wildman–Crippen MR) is 97.5 cm³/mol. The van der Waals surface area contributed by atoms with Gasteiger partial charge < -0.3 is 4.42 Å². The van der Waals surface area contributed by atoms with E-state index in [0.29, 0.717) is 23.7 Å². The van der Waals surface area contributed by atoms with Crippen molar-refractivity contribution in [3.05, 3.63) is 58.6 Å². The molecule has 0 aliphatic carbocycles. The zero-order chi connectivity index (χ0) is 18.2. The maximum Gasteiger partial charge on any atom is 0.419 e. The van der Waals surface area contributed by atoms with Crippen molar-refractivity contribution >= 4 is 26.8 Å². The zero-order valence-electron chi connectivity index (χ0n) is 14.3. The van der Waals surface area contributed by atoms with Crippen LogP contribution in [-0.4, -0.2) is 13.0 Å². The first kappa shape index (κ1) is 17.3. The van der Waals surface area contributed by atoms with Gasteiger partial charge >= 0.3 is 5.76 Å². The van der Waals surface area contributed by atoms with Gasteiger partial charge in [-0.3, -0.25) is 9.29 Å². The molecule has 1 N–H and O–H groups in total. The van der Waals surface area contributed by atoms with E-state index in [-0.39, 0.29) is 10.5 Å².